The van der Waals surface area contributed by atoms with Gasteiger partial charge in [-0.3, -0.25) is 20.2 Å². The molecule has 2 aromatic heterocycles. The van der Waals surface area contributed by atoms with Crippen LogP contribution in [0, 0.1) is 32.1 Å². The molecule has 2 atom stereocenters. The van der Waals surface area contributed by atoms with E-state index in [-0.39, 0.29) is 65.7 Å². The van der Waals surface area contributed by atoms with Crippen LogP contribution in [0.15, 0.2) is 12.4 Å². The van der Waals surface area contributed by atoms with Gasteiger partial charge in [0.1, 0.15) is 12.4 Å². The van der Waals surface area contributed by atoms with Crippen molar-refractivity contribution >= 4 is 40.6 Å². The molecule has 0 bridgehead atoms. The first-order chi connectivity index (χ1) is 21.6. The smallest absolute Gasteiger partial charge is 0.329 e. The third-order valence-electron chi connectivity index (χ3n) is 8.61. The van der Waals surface area contributed by atoms with Crippen molar-refractivity contribution in [3.63, 3.8) is 0 Å². The van der Waals surface area contributed by atoms with Crippen LogP contribution < -0.4 is 16.0 Å². The second-order valence-corrected chi connectivity index (χ2v) is 12.3. The van der Waals surface area contributed by atoms with Crippen LogP contribution in [0.2, 0.25) is 5.28 Å². The van der Waals surface area contributed by atoms with E-state index in [1.165, 1.54) is 6.20 Å². The average Bonchev–Trinajstić information content (AvgIpc) is 3.02. The van der Waals surface area contributed by atoms with Gasteiger partial charge in [0.25, 0.3) is 0 Å². The lowest BCUT2D eigenvalue weighted by Gasteiger charge is -2.29. The van der Waals surface area contributed by atoms with E-state index in [1.807, 2.05) is 6.92 Å². The highest BCUT2D eigenvalue weighted by atomic mass is 35.5. The fourth-order valence-electron chi connectivity index (χ4n) is 5.96. The van der Waals surface area contributed by atoms with E-state index >= 15 is 0 Å². The molecular formula is C28H42ClN9O7. The average molecular weight is 652 g/mol. The van der Waals surface area contributed by atoms with Crippen molar-refractivity contribution in [3.05, 3.63) is 37.9 Å². The molecule has 5 rings (SSSR count). The fourth-order valence-corrected chi connectivity index (χ4v) is 6.09. The maximum atomic E-state index is 11.3. The largest absolute Gasteiger partial charge is 0.396 e. The highest BCUT2D eigenvalue weighted by Crippen LogP contribution is 2.31. The van der Waals surface area contributed by atoms with Crippen LogP contribution in [0.1, 0.15) is 71.1 Å². The van der Waals surface area contributed by atoms with Crippen molar-refractivity contribution in [2.75, 3.05) is 35.8 Å². The topological polar surface area (TPSA) is 224 Å². The van der Waals surface area contributed by atoms with Crippen LogP contribution in [-0.4, -0.2) is 84.0 Å². The molecular weight excluding hydrogens is 610 g/mol. The number of ether oxygens (including phenoxy) is 1. The van der Waals surface area contributed by atoms with Gasteiger partial charge in [0, 0.05) is 37.9 Å². The molecule has 2 saturated carbocycles. The number of halogens is 1. The molecule has 3 fully saturated rings. The van der Waals surface area contributed by atoms with Gasteiger partial charge in [-0.1, -0.05) is 0 Å². The first kappa shape index (κ1) is 34.4. The Kier molecular flexibility index (Phi) is 12.8. The zero-order valence-electron chi connectivity index (χ0n) is 25.3. The summed E-state index contributed by atoms with van der Waals surface area (Å²) in [4.78, 5) is 37.2. The number of nitro groups is 2. The standard InChI is InChI=1S/C17H27N5O4.C11H15ClN4O3/c1-11-8-14(6-7-26-11)20-17-18-9-15(22(24)25)16(21-17)19-13-4-2-12(10-23)3-5-13;12-11-13-5-9(16(18)19)10(15-11)14-8-3-1-7(6-17)2-4-8/h9,11-14,23H,2-8,10H2,1H3,(H2,18,19,20,21);5,7-8,17H,1-4,6H2,(H,13,14,15)/t11-,12?,13?,14-;/m0./s1. The maximum absolute atomic E-state index is 11.3. The third-order valence-corrected chi connectivity index (χ3v) is 8.79. The van der Waals surface area contributed by atoms with Crippen LogP contribution in [0.4, 0.5) is 29.0 Å². The SMILES string of the molecule is C[C@H]1C[C@@H](Nc2ncc([N+](=O)[O-])c(NC3CCC(CO)CC3)n2)CCO1.O=[N+]([O-])c1cnc(Cl)nc1NC1CCC(CO)CC1. The summed E-state index contributed by atoms with van der Waals surface area (Å²) in [5.74, 6) is 1.50. The maximum Gasteiger partial charge on any atom is 0.329 e. The molecule has 3 heterocycles. The molecule has 1 aliphatic heterocycles. The third kappa shape index (κ3) is 10.3. The number of rotatable bonds is 10. The van der Waals surface area contributed by atoms with Gasteiger partial charge in [-0.15, -0.1) is 0 Å². The van der Waals surface area contributed by atoms with Crippen LogP contribution in [0.5, 0.6) is 0 Å². The molecule has 3 aliphatic rings. The molecule has 45 heavy (non-hydrogen) atoms. The number of hydrogen-bond acceptors (Lipinski definition) is 14. The van der Waals surface area contributed by atoms with E-state index in [2.05, 4.69) is 35.9 Å². The van der Waals surface area contributed by atoms with E-state index in [0.717, 1.165) is 70.4 Å². The number of nitrogens with one attached hydrogen (secondary N) is 3. The molecule has 2 aromatic rings. The summed E-state index contributed by atoms with van der Waals surface area (Å²) in [6.45, 7) is 3.12. The van der Waals surface area contributed by atoms with Crippen molar-refractivity contribution in [1.82, 2.24) is 19.9 Å². The first-order valence-corrected chi connectivity index (χ1v) is 15.8. The number of aromatic nitrogens is 4. The van der Waals surface area contributed by atoms with Gasteiger partial charge in [-0.25, -0.2) is 9.97 Å². The van der Waals surface area contributed by atoms with Gasteiger partial charge in [0.05, 0.1) is 16.0 Å². The molecule has 16 nitrogen and oxygen atoms in total. The van der Waals surface area contributed by atoms with E-state index in [0.29, 0.717) is 24.4 Å². The Morgan fingerprint density at radius 3 is 1.80 bits per heavy atom. The number of aliphatic hydroxyl groups excluding tert-OH is 2. The molecule has 17 heteroatoms. The van der Waals surface area contributed by atoms with Crippen LogP contribution >= 0.6 is 11.6 Å². The number of nitrogens with zero attached hydrogens (tertiary/aromatic N) is 6. The summed E-state index contributed by atoms with van der Waals surface area (Å²) in [5.41, 5.74) is -0.283. The second kappa shape index (κ2) is 16.7. The van der Waals surface area contributed by atoms with E-state index < -0.39 is 9.85 Å². The van der Waals surface area contributed by atoms with Gasteiger partial charge in [-0.05, 0) is 94.6 Å². The Morgan fingerprint density at radius 2 is 1.31 bits per heavy atom. The first-order valence-electron chi connectivity index (χ1n) is 15.5. The van der Waals surface area contributed by atoms with Crippen molar-refractivity contribution in [2.45, 2.75) is 95.4 Å². The van der Waals surface area contributed by atoms with Gasteiger partial charge in [0.2, 0.25) is 22.9 Å². The van der Waals surface area contributed by atoms with Crippen molar-refractivity contribution in [1.29, 1.82) is 0 Å². The quantitative estimate of drug-likeness (QED) is 0.137. The summed E-state index contributed by atoms with van der Waals surface area (Å²) >= 11 is 5.67. The predicted molar refractivity (Wildman–Crippen MR) is 167 cm³/mol. The molecule has 2 aliphatic carbocycles. The Morgan fingerprint density at radius 1 is 0.800 bits per heavy atom. The minimum atomic E-state index is -0.530. The molecule has 0 radical (unpaired) electrons. The monoisotopic (exact) mass is 651 g/mol. The summed E-state index contributed by atoms with van der Waals surface area (Å²) in [5, 5.41) is 50.1. The highest BCUT2D eigenvalue weighted by molar-refractivity contribution is 6.28. The minimum absolute atomic E-state index is 0.0165. The summed E-state index contributed by atoms with van der Waals surface area (Å²) < 4.78 is 5.54. The van der Waals surface area contributed by atoms with Crippen LogP contribution in [0.25, 0.3) is 0 Å². The Bertz CT molecular complexity index is 1280. The zero-order chi connectivity index (χ0) is 32.3. The lowest BCUT2D eigenvalue weighted by Crippen LogP contribution is -2.33. The van der Waals surface area contributed by atoms with Gasteiger partial charge >= 0.3 is 11.4 Å². The predicted octanol–water partition coefficient (Wildman–Crippen LogP) is 4.33. The summed E-state index contributed by atoms with van der Waals surface area (Å²) in [6, 6.07) is 0.447. The fraction of sp³-hybridized carbons (Fsp3) is 0.714. The summed E-state index contributed by atoms with van der Waals surface area (Å²) in [7, 11) is 0. The Hall–Kier alpha value is -3.47. The Labute approximate surface area is 266 Å². The molecule has 0 spiro atoms. The van der Waals surface area contributed by atoms with E-state index in [9.17, 15) is 25.3 Å². The van der Waals surface area contributed by atoms with Crippen LogP contribution in [-0.2, 0) is 4.74 Å². The van der Waals surface area contributed by atoms with E-state index in [1.54, 1.807) is 0 Å². The number of hydrogen-bond donors (Lipinski definition) is 5. The molecule has 5 N–H and O–H groups in total. The second-order valence-electron chi connectivity index (χ2n) is 12.0. The van der Waals surface area contributed by atoms with Gasteiger partial charge in [-0.2, -0.15) is 9.97 Å². The molecule has 0 amide bonds. The molecule has 248 valence electrons. The molecule has 1 saturated heterocycles. The van der Waals surface area contributed by atoms with Gasteiger partial charge in [0.15, 0.2) is 0 Å². The zero-order valence-corrected chi connectivity index (χ0v) is 26.1. The van der Waals surface area contributed by atoms with Crippen LogP contribution in [0.3, 0.4) is 0 Å². The molecule has 0 aromatic carbocycles. The Balaban J connectivity index is 0.000000215. The normalized spacial score (nSPS) is 26.6. The van der Waals surface area contributed by atoms with Crippen molar-refractivity contribution < 1.29 is 24.8 Å². The number of aliphatic hydroxyl groups is 2. The van der Waals surface area contributed by atoms with Gasteiger partial charge < -0.3 is 30.9 Å². The lowest BCUT2D eigenvalue weighted by atomic mass is 9.86. The van der Waals surface area contributed by atoms with E-state index in [4.69, 9.17) is 21.4 Å². The van der Waals surface area contributed by atoms with Crippen molar-refractivity contribution in [3.8, 4) is 0 Å². The van der Waals surface area contributed by atoms with Crippen molar-refractivity contribution in [2.24, 2.45) is 11.8 Å². The number of anilines is 3. The summed E-state index contributed by atoms with van der Waals surface area (Å²) in [6.07, 6.45) is 11.3. The lowest BCUT2D eigenvalue weighted by molar-refractivity contribution is -0.384. The minimum Gasteiger partial charge on any atom is -0.396 e. The molecule has 0 unspecified atom stereocenters. The highest BCUT2D eigenvalue weighted by Gasteiger charge is 2.27.